The summed E-state index contributed by atoms with van der Waals surface area (Å²) in [5.74, 6) is 0. The molecular weight excluding hydrogens is 265 g/mol. The molecule has 0 amide bonds. The van der Waals surface area contributed by atoms with Crippen LogP contribution >= 0.6 is 22.9 Å². The molecule has 0 bridgehead atoms. The number of benzene rings is 1. The predicted octanol–water partition coefficient (Wildman–Crippen LogP) is 1.53. The molecule has 0 aliphatic rings. The van der Waals surface area contributed by atoms with Crippen LogP contribution in [0.4, 0.5) is 11.4 Å². The highest BCUT2D eigenvalue weighted by atomic mass is 127. The summed E-state index contributed by atoms with van der Waals surface area (Å²) >= 11 is 2.06. The molecule has 0 saturated carbocycles. The van der Waals surface area contributed by atoms with Crippen LogP contribution in [0.15, 0.2) is 18.2 Å². The van der Waals surface area contributed by atoms with Crippen molar-refractivity contribution >= 4 is 34.2 Å². The second-order valence-electron chi connectivity index (χ2n) is 2.55. The Morgan fingerprint density at radius 1 is 1.42 bits per heavy atom. The Hall–Kier alpha value is -0.490. The molecule has 66 valence electrons. The van der Waals surface area contributed by atoms with Crippen LogP contribution in [0.5, 0.6) is 0 Å². The molecular formula is C8H12IN3. The monoisotopic (exact) mass is 277 g/mol. The first-order chi connectivity index (χ1) is 5.77. The summed E-state index contributed by atoms with van der Waals surface area (Å²) in [6.45, 7) is 0.663. The van der Waals surface area contributed by atoms with E-state index in [1.54, 1.807) is 0 Å². The molecule has 0 radical (unpaired) electrons. The minimum atomic E-state index is 0.663. The molecule has 0 fully saturated rings. The van der Waals surface area contributed by atoms with E-state index in [0.29, 0.717) is 6.54 Å². The van der Waals surface area contributed by atoms with Gasteiger partial charge in [0.2, 0.25) is 0 Å². The lowest BCUT2D eigenvalue weighted by Crippen LogP contribution is -2.03. The standard InChI is InChI=1S/C8H12IN3/c9-12-8-2-1-6(3-4-10)5-7(8)11/h1-2,5,12H,3-4,10-11H2. The van der Waals surface area contributed by atoms with E-state index in [2.05, 4.69) is 26.4 Å². The van der Waals surface area contributed by atoms with E-state index in [0.717, 1.165) is 17.8 Å². The summed E-state index contributed by atoms with van der Waals surface area (Å²) in [6.07, 6.45) is 0.881. The molecule has 3 nitrogen and oxygen atoms in total. The molecule has 1 rings (SSSR count). The highest BCUT2D eigenvalue weighted by molar-refractivity contribution is 14.1. The number of halogens is 1. The van der Waals surface area contributed by atoms with Crippen molar-refractivity contribution in [3.63, 3.8) is 0 Å². The van der Waals surface area contributed by atoms with E-state index >= 15 is 0 Å². The van der Waals surface area contributed by atoms with E-state index in [4.69, 9.17) is 11.5 Å². The van der Waals surface area contributed by atoms with Crippen molar-refractivity contribution < 1.29 is 0 Å². The van der Waals surface area contributed by atoms with Gasteiger partial charge in [-0.2, -0.15) is 0 Å². The highest BCUT2D eigenvalue weighted by Gasteiger charge is 1.97. The Bertz CT molecular complexity index is 262. The summed E-state index contributed by atoms with van der Waals surface area (Å²) < 4.78 is 2.98. The molecule has 0 unspecified atom stereocenters. The average molecular weight is 277 g/mol. The normalized spacial score (nSPS) is 9.83. The molecule has 5 N–H and O–H groups in total. The van der Waals surface area contributed by atoms with Crippen LogP contribution in [0.1, 0.15) is 5.56 Å². The van der Waals surface area contributed by atoms with Crippen molar-refractivity contribution in [2.24, 2.45) is 5.73 Å². The van der Waals surface area contributed by atoms with E-state index in [1.807, 2.05) is 18.2 Å². The Morgan fingerprint density at radius 2 is 2.17 bits per heavy atom. The van der Waals surface area contributed by atoms with Gasteiger partial charge in [0.25, 0.3) is 0 Å². The summed E-state index contributed by atoms with van der Waals surface area (Å²) in [5, 5.41) is 0. The SMILES string of the molecule is NCCc1ccc(NI)c(N)c1. The largest absolute Gasteiger partial charge is 0.397 e. The van der Waals surface area contributed by atoms with Gasteiger partial charge in [-0.3, -0.25) is 0 Å². The Morgan fingerprint density at radius 3 is 2.67 bits per heavy atom. The van der Waals surface area contributed by atoms with Crippen LogP contribution in [-0.2, 0) is 6.42 Å². The third-order valence-electron chi connectivity index (χ3n) is 1.65. The first-order valence-corrected chi connectivity index (χ1v) is 4.81. The lowest BCUT2D eigenvalue weighted by Gasteiger charge is -2.05. The predicted molar refractivity (Wildman–Crippen MR) is 61.3 cm³/mol. The lowest BCUT2D eigenvalue weighted by atomic mass is 10.1. The molecule has 0 aliphatic carbocycles. The lowest BCUT2D eigenvalue weighted by molar-refractivity contribution is 0.970. The minimum absolute atomic E-state index is 0.663. The summed E-state index contributed by atoms with van der Waals surface area (Å²) in [5.41, 5.74) is 14.1. The Balaban J connectivity index is 2.86. The number of nitrogens with two attached hydrogens (primary N) is 2. The van der Waals surface area contributed by atoms with Crippen molar-refractivity contribution in [1.29, 1.82) is 0 Å². The molecule has 0 heterocycles. The summed E-state index contributed by atoms with van der Waals surface area (Å²) in [4.78, 5) is 0. The molecule has 0 aromatic heterocycles. The second kappa shape index (κ2) is 4.51. The van der Waals surface area contributed by atoms with Gasteiger partial charge in [-0.15, -0.1) is 0 Å². The van der Waals surface area contributed by atoms with Gasteiger partial charge in [-0.05, 0) is 30.7 Å². The molecule has 12 heavy (non-hydrogen) atoms. The maximum atomic E-state index is 5.75. The fourth-order valence-corrected chi connectivity index (χ4v) is 1.51. The zero-order valence-corrected chi connectivity index (χ0v) is 8.84. The molecule has 0 spiro atoms. The van der Waals surface area contributed by atoms with Crippen LogP contribution in [0.2, 0.25) is 0 Å². The topological polar surface area (TPSA) is 64.1 Å². The van der Waals surface area contributed by atoms with Gasteiger partial charge in [-0.1, -0.05) is 6.07 Å². The van der Waals surface area contributed by atoms with E-state index in [9.17, 15) is 0 Å². The third kappa shape index (κ3) is 2.25. The van der Waals surface area contributed by atoms with Gasteiger partial charge >= 0.3 is 0 Å². The van der Waals surface area contributed by atoms with E-state index in [1.165, 1.54) is 5.56 Å². The number of hydrogen-bond acceptors (Lipinski definition) is 3. The van der Waals surface area contributed by atoms with Gasteiger partial charge in [0, 0.05) is 0 Å². The third-order valence-corrected chi connectivity index (χ3v) is 2.23. The summed E-state index contributed by atoms with van der Waals surface area (Å²) in [6, 6.07) is 5.95. The highest BCUT2D eigenvalue weighted by Crippen LogP contribution is 2.20. The van der Waals surface area contributed by atoms with E-state index in [-0.39, 0.29) is 0 Å². The van der Waals surface area contributed by atoms with Crippen LogP contribution in [0.3, 0.4) is 0 Å². The molecule has 0 saturated heterocycles. The minimum Gasteiger partial charge on any atom is -0.397 e. The van der Waals surface area contributed by atoms with Gasteiger partial charge in [-0.25, -0.2) is 0 Å². The maximum absolute atomic E-state index is 5.75. The zero-order valence-electron chi connectivity index (χ0n) is 6.68. The number of rotatable bonds is 3. The second-order valence-corrected chi connectivity index (χ2v) is 3.09. The van der Waals surface area contributed by atoms with Crippen molar-refractivity contribution in [1.82, 2.24) is 0 Å². The smallest absolute Gasteiger partial charge is 0.0660 e. The first-order valence-electron chi connectivity index (χ1n) is 3.73. The van der Waals surface area contributed by atoms with Crippen LogP contribution in [-0.4, -0.2) is 6.54 Å². The molecule has 1 aromatic carbocycles. The number of nitrogens with one attached hydrogen (secondary N) is 1. The Kier molecular flexibility index (Phi) is 3.61. The number of anilines is 2. The van der Waals surface area contributed by atoms with Crippen LogP contribution in [0, 0.1) is 0 Å². The first kappa shape index (κ1) is 9.60. The fourth-order valence-electron chi connectivity index (χ4n) is 1.02. The van der Waals surface area contributed by atoms with Crippen molar-refractivity contribution in [3.8, 4) is 0 Å². The number of hydrogen-bond donors (Lipinski definition) is 3. The zero-order chi connectivity index (χ0) is 8.97. The quantitative estimate of drug-likeness (QED) is 0.446. The number of nitrogen functional groups attached to an aromatic ring is 1. The molecule has 4 heteroatoms. The average Bonchev–Trinajstić information content (AvgIpc) is 2.05. The van der Waals surface area contributed by atoms with Gasteiger partial charge in [0.05, 0.1) is 34.2 Å². The molecule has 0 aliphatic heterocycles. The summed E-state index contributed by atoms with van der Waals surface area (Å²) in [7, 11) is 0. The van der Waals surface area contributed by atoms with Crippen molar-refractivity contribution in [2.45, 2.75) is 6.42 Å². The van der Waals surface area contributed by atoms with Crippen molar-refractivity contribution in [3.05, 3.63) is 23.8 Å². The van der Waals surface area contributed by atoms with Crippen LogP contribution in [0.25, 0.3) is 0 Å². The molecule has 0 atom stereocenters. The van der Waals surface area contributed by atoms with Crippen molar-refractivity contribution in [2.75, 3.05) is 15.8 Å². The Labute approximate surface area is 86.0 Å². The van der Waals surface area contributed by atoms with Gasteiger partial charge < -0.3 is 15.0 Å². The van der Waals surface area contributed by atoms with E-state index < -0.39 is 0 Å². The fraction of sp³-hybridized carbons (Fsp3) is 0.250. The van der Waals surface area contributed by atoms with Gasteiger partial charge in [0.15, 0.2) is 0 Å². The van der Waals surface area contributed by atoms with Crippen LogP contribution < -0.4 is 15.0 Å². The maximum Gasteiger partial charge on any atom is 0.0660 e. The molecule has 1 aromatic rings. The van der Waals surface area contributed by atoms with Gasteiger partial charge in [0.1, 0.15) is 0 Å².